The van der Waals surface area contributed by atoms with Crippen molar-refractivity contribution in [1.29, 1.82) is 0 Å². The molecule has 0 aliphatic carbocycles. The number of fused-ring (bicyclic) bond motifs is 1. The molecular weight excluding hydrogens is 365 g/mol. The first-order valence-electron chi connectivity index (χ1n) is 6.22. The molecule has 0 unspecified atom stereocenters. The Morgan fingerprint density at radius 2 is 2.10 bits per heavy atom. The number of H-pyrrole nitrogens is 1. The zero-order valence-corrected chi connectivity index (χ0v) is 13.4. The van der Waals surface area contributed by atoms with Crippen LogP contribution in [0.5, 0.6) is 5.88 Å². The van der Waals surface area contributed by atoms with Crippen molar-refractivity contribution in [3.63, 3.8) is 0 Å². The standard InChI is InChI=1S/C15H14IN3O/c1-17-10-4-3-9-7-13(19-12(9)8-10)14-11(16)5-6-18-15(14)20-2/h3-8,17,19H,1-2H3. The highest BCUT2D eigenvalue weighted by Crippen LogP contribution is 2.34. The van der Waals surface area contributed by atoms with Gasteiger partial charge in [-0.05, 0) is 46.9 Å². The zero-order chi connectivity index (χ0) is 14.1. The number of hydrogen-bond acceptors (Lipinski definition) is 3. The molecule has 0 saturated heterocycles. The third-order valence-electron chi connectivity index (χ3n) is 3.24. The highest BCUT2D eigenvalue weighted by atomic mass is 127. The maximum Gasteiger partial charge on any atom is 0.223 e. The molecule has 2 aromatic heterocycles. The molecule has 1 aromatic carbocycles. The number of aromatic nitrogens is 2. The first-order chi connectivity index (χ1) is 9.72. The van der Waals surface area contributed by atoms with Gasteiger partial charge in [-0.2, -0.15) is 0 Å². The molecule has 20 heavy (non-hydrogen) atoms. The van der Waals surface area contributed by atoms with Gasteiger partial charge in [0.25, 0.3) is 0 Å². The minimum Gasteiger partial charge on any atom is -0.480 e. The van der Waals surface area contributed by atoms with Crippen LogP contribution in [0, 0.1) is 3.57 Å². The van der Waals surface area contributed by atoms with Gasteiger partial charge in [-0.3, -0.25) is 0 Å². The van der Waals surface area contributed by atoms with Crippen molar-refractivity contribution in [2.24, 2.45) is 0 Å². The van der Waals surface area contributed by atoms with Crippen LogP contribution in [0.2, 0.25) is 0 Å². The average molecular weight is 379 g/mol. The summed E-state index contributed by atoms with van der Waals surface area (Å²) in [6, 6.07) is 10.3. The van der Waals surface area contributed by atoms with E-state index in [1.165, 1.54) is 5.39 Å². The van der Waals surface area contributed by atoms with Crippen molar-refractivity contribution in [2.45, 2.75) is 0 Å². The Bertz CT molecular complexity index is 767. The Hall–Kier alpha value is -1.76. The van der Waals surface area contributed by atoms with Crippen molar-refractivity contribution in [2.75, 3.05) is 19.5 Å². The SMILES string of the molecule is CNc1ccc2cc(-c3c(I)ccnc3OC)[nH]c2c1. The van der Waals surface area contributed by atoms with Gasteiger partial charge in [0.1, 0.15) is 0 Å². The summed E-state index contributed by atoms with van der Waals surface area (Å²) in [4.78, 5) is 7.72. The van der Waals surface area contributed by atoms with Gasteiger partial charge >= 0.3 is 0 Å². The van der Waals surface area contributed by atoms with Crippen LogP contribution in [-0.4, -0.2) is 24.1 Å². The van der Waals surface area contributed by atoms with Gasteiger partial charge in [-0.1, -0.05) is 6.07 Å². The summed E-state index contributed by atoms with van der Waals surface area (Å²) in [6.07, 6.45) is 1.76. The lowest BCUT2D eigenvalue weighted by Gasteiger charge is -2.07. The maximum atomic E-state index is 5.37. The molecule has 0 fully saturated rings. The molecule has 2 heterocycles. The second kappa shape index (κ2) is 5.32. The van der Waals surface area contributed by atoms with Crippen LogP contribution in [0.25, 0.3) is 22.2 Å². The number of anilines is 1. The van der Waals surface area contributed by atoms with E-state index >= 15 is 0 Å². The van der Waals surface area contributed by atoms with Crippen LogP contribution in [-0.2, 0) is 0 Å². The molecule has 0 spiro atoms. The number of rotatable bonds is 3. The van der Waals surface area contributed by atoms with Gasteiger partial charge in [-0.15, -0.1) is 0 Å². The fourth-order valence-corrected chi connectivity index (χ4v) is 2.92. The molecule has 3 aromatic rings. The van der Waals surface area contributed by atoms with E-state index in [4.69, 9.17) is 4.74 Å². The average Bonchev–Trinajstić information content (AvgIpc) is 2.88. The summed E-state index contributed by atoms with van der Waals surface area (Å²) in [5.74, 6) is 0.636. The Morgan fingerprint density at radius 1 is 1.25 bits per heavy atom. The molecule has 102 valence electrons. The predicted molar refractivity (Wildman–Crippen MR) is 90.3 cm³/mol. The zero-order valence-electron chi connectivity index (χ0n) is 11.2. The maximum absolute atomic E-state index is 5.37. The number of benzene rings is 1. The van der Waals surface area contributed by atoms with Crippen LogP contribution < -0.4 is 10.1 Å². The molecular formula is C15H14IN3O. The molecule has 2 N–H and O–H groups in total. The Kier molecular flexibility index (Phi) is 3.52. The first-order valence-corrected chi connectivity index (χ1v) is 7.30. The molecule has 0 saturated carbocycles. The summed E-state index contributed by atoms with van der Waals surface area (Å²) in [5.41, 5.74) is 4.19. The number of methoxy groups -OCH3 is 1. The van der Waals surface area contributed by atoms with Crippen LogP contribution in [0.1, 0.15) is 0 Å². The van der Waals surface area contributed by atoms with Gasteiger partial charge in [0.05, 0.1) is 18.4 Å². The van der Waals surface area contributed by atoms with Crippen molar-refractivity contribution in [1.82, 2.24) is 9.97 Å². The van der Waals surface area contributed by atoms with E-state index in [1.807, 2.05) is 13.1 Å². The molecule has 0 radical (unpaired) electrons. The summed E-state index contributed by atoms with van der Waals surface area (Å²) in [6.45, 7) is 0. The van der Waals surface area contributed by atoms with E-state index in [-0.39, 0.29) is 0 Å². The predicted octanol–water partition coefficient (Wildman–Crippen LogP) is 3.88. The molecule has 4 nitrogen and oxygen atoms in total. The van der Waals surface area contributed by atoms with Crippen molar-refractivity contribution in [3.8, 4) is 17.1 Å². The number of aromatic amines is 1. The molecule has 3 rings (SSSR count). The van der Waals surface area contributed by atoms with Crippen molar-refractivity contribution >= 4 is 39.2 Å². The van der Waals surface area contributed by atoms with Crippen LogP contribution in [0.4, 0.5) is 5.69 Å². The van der Waals surface area contributed by atoms with E-state index in [2.05, 4.69) is 62.1 Å². The lowest BCUT2D eigenvalue weighted by atomic mass is 10.2. The smallest absolute Gasteiger partial charge is 0.223 e. The van der Waals surface area contributed by atoms with Crippen LogP contribution in [0.3, 0.4) is 0 Å². The summed E-state index contributed by atoms with van der Waals surface area (Å²) < 4.78 is 6.48. The molecule has 0 atom stereocenters. The van der Waals surface area contributed by atoms with E-state index in [0.29, 0.717) is 5.88 Å². The van der Waals surface area contributed by atoms with Gasteiger partial charge in [0.2, 0.25) is 5.88 Å². The second-order valence-electron chi connectivity index (χ2n) is 4.41. The number of ether oxygens (including phenoxy) is 1. The number of hydrogen-bond donors (Lipinski definition) is 2. The Morgan fingerprint density at radius 3 is 2.85 bits per heavy atom. The molecule has 0 amide bonds. The summed E-state index contributed by atoms with van der Waals surface area (Å²) in [7, 11) is 3.56. The van der Waals surface area contributed by atoms with E-state index in [9.17, 15) is 0 Å². The lowest BCUT2D eigenvalue weighted by molar-refractivity contribution is 0.399. The molecule has 0 aliphatic heterocycles. The van der Waals surface area contributed by atoms with E-state index in [0.717, 1.165) is 26.0 Å². The highest BCUT2D eigenvalue weighted by Gasteiger charge is 2.13. The Labute approximate surface area is 130 Å². The van der Waals surface area contributed by atoms with Crippen LogP contribution >= 0.6 is 22.6 Å². The minimum absolute atomic E-state index is 0.636. The van der Waals surface area contributed by atoms with Crippen molar-refractivity contribution < 1.29 is 4.74 Å². The number of pyridine rings is 1. The number of nitrogens with one attached hydrogen (secondary N) is 2. The van der Waals surface area contributed by atoms with Gasteiger partial charge in [0, 0.05) is 33.4 Å². The monoisotopic (exact) mass is 379 g/mol. The third kappa shape index (κ3) is 2.22. The fraction of sp³-hybridized carbons (Fsp3) is 0.133. The second-order valence-corrected chi connectivity index (χ2v) is 5.57. The topological polar surface area (TPSA) is 49.9 Å². The van der Waals surface area contributed by atoms with E-state index in [1.54, 1.807) is 13.3 Å². The Balaban J connectivity index is 2.20. The number of halogens is 1. The highest BCUT2D eigenvalue weighted by molar-refractivity contribution is 14.1. The quantitative estimate of drug-likeness (QED) is 0.679. The summed E-state index contributed by atoms with van der Waals surface area (Å²) in [5, 5.41) is 4.31. The van der Waals surface area contributed by atoms with E-state index < -0.39 is 0 Å². The fourth-order valence-electron chi connectivity index (χ4n) is 2.24. The summed E-state index contributed by atoms with van der Waals surface area (Å²) >= 11 is 2.30. The van der Waals surface area contributed by atoms with Gasteiger partial charge < -0.3 is 15.0 Å². The van der Waals surface area contributed by atoms with Gasteiger partial charge in [-0.25, -0.2) is 4.98 Å². The molecule has 0 bridgehead atoms. The normalized spacial score (nSPS) is 10.8. The lowest BCUT2D eigenvalue weighted by Crippen LogP contribution is -1.93. The third-order valence-corrected chi connectivity index (χ3v) is 4.14. The minimum atomic E-state index is 0.636. The first kappa shape index (κ1) is 13.2. The number of nitrogens with zero attached hydrogens (tertiary/aromatic N) is 1. The van der Waals surface area contributed by atoms with Gasteiger partial charge in [0.15, 0.2) is 0 Å². The van der Waals surface area contributed by atoms with Crippen LogP contribution in [0.15, 0.2) is 36.5 Å². The largest absolute Gasteiger partial charge is 0.480 e. The van der Waals surface area contributed by atoms with Crippen molar-refractivity contribution in [3.05, 3.63) is 40.1 Å². The molecule has 5 heteroatoms. The molecule has 0 aliphatic rings.